The Hall–Kier alpha value is -0.940. The molecule has 1 aromatic rings. The fourth-order valence-corrected chi connectivity index (χ4v) is 1.86. The standard InChI is InChI=1S/C11H13NS/c1-8(2)9-6-5-7-10(13-4)11(9)12-3/h5-8H,1-2,4H3. The van der Waals surface area contributed by atoms with Crippen LogP contribution in [-0.4, -0.2) is 6.26 Å². The van der Waals surface area contributed by atoms with Crippen molar-refractivity contribution < 1.29 is 0 Å². The van der Waals surface area contributed by atoms with Crippen molar-refractivity contribution in [3.8, 4) is 0 Å². The van der Waals surface area contributed by atoms with Crippen LogP contribution in [0.2, 0.25) is 0 Å². The van der Waals surface area contributed by atoms with Gasteiger partial charge in [-0.15, -0.1) is 11.8 Å². The Morgan fingerprint density at radius 2 is 2.08 bits per heavy atom. The van der Waals surface area contributed by atoms with Gasteiger partial charge in [0.15, 0.2) is 0 Å². The third-order valence-corrected chi connectivity index (χ3v) is 2.75. The minimum absolute atomic E-state index is 0.427. The molecular formula is C11H13NS. The van der Waals surface area contributed by atoms with Gasteiger partial charge in [0.05, 0.1) is 6.57 Å². The van der Waals surface area contributed by atoms with Gasteiger partial charge in [0.2, 0.25) is 5.69 Å². The summed E-state index contributed by atoms with van der Waals surface area (Å²) in [7, 11) is 0. The summed E-state index contributed by atoms with van der Waals surface area (Å²) in [5.41, 5.74) is 1.98. The number of benzene rings is 1. The Kier molecular flexibility index (Phi) is 3.39. The first-order chi connectivity index (χ1) is 6.20. The maximum Gasteiger partial charge on any atom is 0.203 e. The fourth-order valence-electron chi connectivity index (χ4n) is 1.29. The topological polar surface area (TPSA) is 4.36 Å². The zero-order chi connectivity index (χ0) is 9.84. The van der Waals surface area contributed by atoms with Crippen molar-refractivity contribution in [3.63, 3.8) is 0 Å². The molecule has 2 heteroatoms. The van der Waals surface area contributed by atoms with Crippen LogP contribution >= 0.6 is 11.8 Å². The van der Waals surface area contributed by atoms with Crippen LogP contribution in [0.1, 0.15) is 25.3 Å². The summed E-state index contributed by atoms with van der Waals surface area (Å²) in [6.45, 7) is 11.4. The monoisotopic (exact) mass is 191 g/mol. The SMILES string of the molecule is [C-]#[N+]c1c(SC)cccc1C(C)C. The number of rotatable bonds is 2. The van der Waals surface area contributed by atoms with Crippen LogP contribution in [0.15, 0.2) is 23.1 Å². The highest BCUT2D eigenvalue weighted by molar-refractivity contribution is 7.98. The lowest BCUT2D eigenvalue weighted by Gasteiger charge is -2.10. The van der Waals surface area contributed by atoms with E-state index in [0.29, 0.717) is 5.92 Å². The Labute approximate surface area is 84.0 Å². The van der Waals surface area contributed by atoms with Crippen LogP contribution in [0.5, 0.6) is 0 Å². The maximum atomic E-state index is 7.13. The first kappa shape index (κ1) is 10.1. The van der Waals surface area contributed by atoms with Crippen LogP contribution in [0.4, 0.5) is 5.69 Å². The Morgan fingerprint density at radius 3 is 2.54 bits per heavy atom. The van der Waals surface area contributed by atoms with Crippen LogP contribution in [-0.2, 0) is 0 Å². The van der Waals surface area contributed by atoms with Crippen molar-refractivity contribution in [3.05, 3.63) is 35.2 Å². The molecule has 0 aliphatic rings. The Morgan fingerprint density at radius 1 is 1.38 bits per heavy atom. The average molecular weight is 191 g/mol. The molecule has 0 aromatic heterocycles. The Balaban J connectivity index is 3.29. The summed E-state index contributed by atoms with van der Waals surface area (Å²) < 4.78 is 0. The van der Waals surface area contributed by atoms with Crippen molar-refractivity contribution in [2.45, 2.75) is 24.7 Å². The van der Waals surface area contributed by atoms with Crippen LogP contribution in [0.3, 0.4) is 0 Å². The first-order valence-electron chi connectivity index (χ1n) is 4.25. The van der Waals surface area contributed by atoms with E-state index in [1.54, 1.807) is 11.8 Å². The predicted molar refractivity (Wildman–Crippen MR) is 58.6 cm³/mol. The largest absolute Gasteiger partial charge is 0.237 e. The molecule has 0 fully saturated rings. The summed E-state index contributed by atoms with van der Waals surface area (Å²) in [6.07, 6.45) is 2.01. The average Bonchev–Trinajstić information content (AvgIpc) is 2.16. The summed E-state index contributed by atoms with van der Waals surface area (Å²) in [6, 6.07) is 6.07. The number of nitrogens with zero attached hydrogens (tertiary/aromatic N) is 1. The van der Waals surface area contributed by atoms with Crippen LogP contribution in [0, 0.1) is 6.57 Å². The molecule has 0 N–H and O–H groups in total. The third kappa shape index (κ3) is 2.05. The zero-order valence-corrected chi connectivity index (χ0v) is 8.98. The molecule has 1 aromatic carbocycles. The maximum absolute atomic E-state index is 7.13. The van der Waals surface area contributed by atoms with E-state index in [1.807, 2.05) is 24.5 Å². The van der Waals surface area contributed by atoms with E-state index < -0.39 is 0 Å². The van der Waals surface area contributed by atoms with Gasteiger partial charge >= 0.3 is 0 Å². The summed E-state index contributed by atoms with van der Waals surface area (Å²) in [5.74, 6) is 0.427. The summed E-state index contributed by atoms with van der Waals surface area (Å²) >= 11 is 1.64. The zero-order valence-electron chi connectivity index (χ0n) is 8.16. The summed E-state index contributed by atoms with van der Waals surface area (Å²) in [4.78, 5) is 4.68. The molecule has 0 aliphatic carbocycles. The Bertz CT molecular complexity index is 336. The summed E-state index contributed by atoms with van der Waals surface area (Å²) in [5, 5.41) is 0. The van der Waals surface area contributed by atoms with Crippen molar-refractivity contribution in [2.24, 2.45) is 0 Å². The van der Waals surface area contributed by atoms with Gasteiger partial charge in [-0.25, -0.2) is 4.85 Å². The highest BCUT2D eigenvalue weighted by atomic mass is 32.2. The molecule has 0 saturated carbocycles. The van der Waals surface area contributed by atoms with Crippen molar-refractivity contribution in [1.29, 1.82) is 0 Å². The van der Waals surface area contributed by atoms with E-state index in [-0.39, 0.29) is 0 Å². The highest BCUT2D eigenvalue weighted by Gasteiger charge is 2.09. The van der Waals surface area contributed by atoms with Gasteiger partial charge in [0, 0.05) is 4.90 Å². The number of para-hydroxylation sites is 1. The molecule has 1 rings (SSSR count). The van der Waals surface area contributed by atoms with Gasteiger partial charge in [-0.3, -0.25) is 0 Å². The van der Waals surface area contributed by atoms with Gasteiger partial charge in [-0.2, -0.15) is 0 Å². The van der Waals surface area contributed by atoms with E-state index in [4.69, 9.17) is 6.57 Å². The lowest BCUT2D eigenvalue weighted by Crippen LogP contribution is -1.88. The van der Waals surface area contributed by atoms with E-state index in [1.165, 1.54) is 0 Å². The molecule has 0 aliphatic heterocycles. The molecule has 0 saturated heterocycles. The molecule has 68 valence electrons. The molecule has 0 spiro atoms. The number of hydrogen-bond donors (Lipinski definition) is 0. The minimum atomic E-state index is 0.427. The molecule has 0 unspecified atom stereocenters. The number of hydrogen-bond acceptors (Lipinski definition) is 1. The van der Waals surface area contributed by atoms with E-state index in [9.17, 15) is 0 Å². The van der Waals surface area contributed by atoms with Crippen molar-refractivity contribution >= 4 is 17.4 Å². The van der Waals surface area contributed by atoms with E-state index in [2.05, 4.69) is 18.7 Å². The third-order valence-electron chi connectivity index (χ3n) is 1.98. The lowest BCUT2D eigenvalue weighted by atomic mass is 10.0. The molecular weight excluding hydrogens is 178 g/mol. The second-order valence-corrected chi connectivity index (χ2v) is 4.01. The van der Waals surface area contributed by atoms with Gasteiger partial charge in [-0.1, -0.05) is 32.0 Å². The van der Waals surface area contributed by atoms with Gasteiger partial charge < -0.3 is 0 Å². The molecule has 0 bridgehead atoms. The molecule has 0 amide bonds. The van der Waals surface area contributed by atoms with Crippen molar-refractivity contribution in [2.75, 3.05) is 6.26 Å². The molecule has 0 radical (unpaired) electrons. The van der Waals surface area contributed by atoms with Gasteiger partial charge in [-0.05, 0) is 17.7 Å². The molecule has 1 nitrogen and oxygen atoms in total. The van der Waals surface area contributed by atoms with Crippen LogP contribution in [0.25, 0.3) is 4.85 Å². The normalized spacial score (nSPS) is 10.1. The smallest absolute Gasteiger partial charge is 0.203 e. The highest BCUT2D eigenvalue weighted by Crippen LogP contribution is 2.35. The quantitative estimate of drug-likeness (QED) is 0.503. The van der Waals surface area contributed by atoms with E-state index in [0.717, 1.165) is 16.1 Å². The first-order valence-corrected chi connectivity index (χ1v) is 5.47. The van der Waals surface area contributed by atoms with E-state index >= 15 is 0 Å². The number of thioether (sulfide) groups is 1. The van der Waals surface area contributed by atoms with Gasteiger partial charge in [0.1, 0.15) is 0 Å². The lowest BCUT2D eigenvalue weighted by molar-refractivity contribution is 0.868. The van der Waals surface area contributed by atoms with Crippen molar-refractivity contribution in [1.82, 2.24) is 0 Å². The van der Waals surface area contributed by atoms with Gasteiger partial charge in [0.25, 0.3) is 0 Å². The second kappa shape index (κ2) is 4.34. The molecule has 13 heavy (non-hydrogen) atoms. The molecule has 0 atom stereocenters. The van der Waals surface area contributed by atoms with Crippen LogP contribution < -0.4 is 0 Å². The second-order valence-electron chi connectivity index (χ2n) is 3.16. The fraction of sp³-hybridized carbons (Fsp3) is 0.364. The predicted octanol–water partition coefficient (Wildman–Crippen LogP) is 4.08. The minimum Gasteiger partial charge on any atom is -0.237 e. The molecule has 0 heterocycles.